The summed E-state index contributed by atoms with van der Waals surface area (Å²) in [7, 11) is 0. The van der Waals surface area contributed by atoms with Crippen LogP contribution in [0.3, 0.4) is 0 Å². The third kappa shape index (κ3) is 4.56. The molecule has 1 aromatic carbocycles. The number of aromatic nitrogens is 3. The fraction of sp³-hybridized carbons (Fsp3) is 0.348. The minimum Gasteiger partial charge on any atom is -0.443 e. The van der Waals surface area contributed by atoms with E-state index in [1.54, 1.807) is 36.4 Å². The highest BCUT2D eigenvalue weighted by molar-refractivity contribution is 5.94. The van der Waals surface area contributed by atoms with E-state index in [4.69, 9.17) is 9.26 Å². The Balaban J connectivity index is 1.14. The van der Waals surface area contributed by atoms with Crippen molar-refractivity contribution >= 4 is 17.7 Å². The predicted octanol–water partition coefficient (Wildman–Crippen LogP) is 2.22. The predicted molar refractivity (Wildman–Crippen MR) is 119 cm³/mol. The van der Waals surface area contributed by atoms with Gasteiger partial charge in [0.05, 0.1) is 12.1 Å². The number of ether oxygens (including phenoxy) is 1. The maximum absolute atomic E-state index is 12.6. The number of benzene rings is 1. The Morgan fingerprint density at radius 1 is 1.12 bits per heavy atom. The van der Waals surface area contributed by atoms with Gasteiger partial charge in [0.1, 0.15) is 6.10 Å². The molecule has 1 unspecified atom stereocenters. The summed E-state index contributed by atoms with van der Waals surface area (Å²) in [6, 6.07) is 11.0. The first-order valence-corrected chi connectivity index (χ1v) is 10.9. The van der Waals surface area contributed by atoms with Crippen LogP contribution in [0.5, 0.6) is 0 Å². The van der Waals surface area contributed by atoms with Crippen molar-refractivity contribution in [2.45, 2.75) is 13.0 Å². The summed E-state index contributed by atoms with van der Waals surface area (Å²) in [6.07, 6.45) is 2.67. The number of hydrogen-bond acceptors (Lipinski definition) is 8. The van der Waals surface area contributed by atoms with Crippen LogP contribution in [0.2, 0.25) is 0 Å². The Bertz CT molecular complexity index is 1130. The van der Waals surface area contributed by atoms with E-state index in [1.165, 1.54) is 0 Å². The van der Waals surface area contributed by atoms with Gasteiger partial charge in [0.2, 0.25) is 11.7 Å². The molecule has 4 heterocycles. The lowest BCUT2D eigenvalue weighted by atomic mass is 10.2. The summed E-state index contributed by atoms with van der Waals surface area (Å²) in [5.74, 6) is 1.02. The lowest BCUT2D eigenvalue weighted by molar-refractivity contribution is 0.0552. The normalized spacial score (nSPS) is 19.1. The lowest BCUT2D eigenvalue weighted by Gasteiger charge is -2.35. The number of nitrogens with zero attached hydrogens (tertiary/aromatic N) is 6. The highest BCUT2D eigenvalue weighted by Crippen LogP contribution is 2.25. The zero-order valence-corrected chi connectivity index (χ0v) is 18.3. The van der Waals surface area contributed by atoms with Gasteiger partial charge < -0.3 is 14.2 Å². The third-order valence-corrected chi connectivity index (χ3v) is 5.87. The van der Waals surface area contributed by atoms with Gasteiger partial charge in [-0.25, -0.2) is 4.79 Å². The Hall–Kier alpha value is -3.79. The van der Waals surface area contributed by atoms with Crippen LogP contribution in [0.1, 0.15) is 16.2 Å². The van der Waals surface area contributed by atoms with Gasteiger partial charge in [-0.05, 0) is 36.4 Å². The molecule has 0 radical (unpaired) electrons. The van der Waals surface area contributed by atoms with Gasteiger partial charge in [-0.15, -0.1) is 0 Å². The van der Waals surface area contributed by atoms with Crippen molar-refractivity contribution in [3.63, 3.8) is 0 Å². The molecule has 0 spiro atoms. The SMILES string of the molecule is Cc1nc(-c2ccc(N3CC(CN4CCN(C(=O)c5cccnc5)CC4)OC3=O)cc2)no1. The van der Waals surface area contributed by atoms with Gasteiger partial charge in [-0.1, -0.05) is 5.16 Å². The second-order valence-electron chi connectivity index (χ2n) is 8.13. The fourth-order valence-electron chi connectivity index (χ4n) is 4.13. The van der Waals surface area contributed by atoms with Gasteiger partial charge in [-0.2, -0.15) is 4.98 Å². The number of anilines is 1. The van der Waals surface area contributed by atoms with Crippen molar-refractivity contribution in [3.05, 3.63) is 60.2 Å². The molecule has 2 aliphatic heterocycles. The van der Waals surface area contributed by atoms with Crippen LogP contribution in [0.25, 0.3) is 11.4 Å². The van der Waals surface area contributed by atoms with E-state index in [0.717, 1.165) is 24.3 Å². The minimum absolute atomic E-state index is 0.000599. The maximum atomic E-state index is 12.6. The first kappa shape index (κ1) is 21.1. The van der Waals surface area contributed by atoms with E-state index in [2.05, 4.69) is 20.0 Å². The van der Waals surface area contributed by atoms with Crippen molar-refractivity contribution in [2.24, 2.45) is 0 Å². The van der Waals surface area contributed by atoms with Crippen LogP contribution in [-0.4, -0.2) is 82.3 Å². The van der Waals surface area contributed by atoms with Gasteiger partial charge >= 0.3 is 6.09 Å². The fourth-order valence-corrected chi connectivity index (χ4v) is 4.13. The molecule has 2 aromatic heterocycles. The van der Waals surface area contributed by atoms with Crippen molar-refractivity contribution in [2.75, 3.05) is 44.2 Å². The summed E-state index contributed by atoms with van der Waals surface area (Å²) in [6.45, 7) is 5.59. The summed E-state index contributed by atoms with van der Waals surface area (Å²) < 4.78 is 10.6. The molecule has 10 nitrogen and oxygen atoms in total. The first-order chi connectivity index (χ1) is 16.1. The molecule has 0 saturated carbocycles. The molecule has 0 aliphatic carbocycles. The smallest absolute Gasteiger partial charge is 0.414 e. The molecule has 1 atom stereocenters. The molecule has 0 bridgehead atoms. The minimum atomic E-state index is -0.353. The number of cyclic esters (lactones) is 1. The van der Waals surface area contributed by atoms with Crippen molar-refractivity contribution < 1.29 is 18.8 Å². The van der Waals surface area contributed by atoms with E-state index in [0.29, 0.717) is 43.5 Å². The molecule has 3 aromatic rings. The van der Waals surface area contributed by atoms with Gasteiger partial charge in [-0.3, -0.25) is 19.6 Å². The zero-order valence-electron chi connectivity index (χ0n) is 18.3. The third-order valence-electron chi connectivity index (χ3n) is 5.87. The summed E-state index contributed by atoms with van der Waals surface area (Å²) in [5, 5.41) is 3.91. The Morgan fingerprint density at radius 3 is 2.58 bits per heavy atom. The van der Waals surface area contributed by atoms with Crippen molar-refractivity contribution in [1.29, 1.82) is 0 Å². The van der Waals surface area contributed by atoms with E-state index in [-0.39, 0.29) is 18.1 Å². The molecule has 33 heavy (non-hydrogen) atoms. The summed E-state index contributed by atoms with van der Waals surface area (Å²) in [5.41, 5.74) is 2.18. The topological polar surface area (TPSA) is 105 Å². The molecule has 0 N–H and O–H groups in total. The number of hydrogen-bond donors (Lipinski definition) is 0. The van der Waals surface area contributed by atoms with Crippen LogP contribution in [0.4, 0.5) is 10.5 Å². The quantitative estimate of drug-likeness (QED) is 0.585. The van der Waals surface area contributed by atoms with Crippen molar-refractivity contribution in [1.82, 2.24) is 24.9 Å². The Labute approximate surface area is 190 Å². The molecule has 2 fully saturated rings. The largest absolute Gasteiger partial charge is 0.443 e. The number of aryl methyl sites for hydroxylation is 1. The number of carbonyl (C=O) groups is 2. The van der Waals surface area contributed by atoms with Crippen LogP contribution in [0, 0.1) is 6.92 Å². The molecule has 2 aliphatic rings. The second kappa shape index (κ2) is 8.99. The average Bonchev–Trinajstić information content (AvgIpc) is 3.45. The highest BCUT2D eigenvalue weighted by Gasteiger charge is 2.34. The van der Waals surface area contributed by atoms with Gasteiger partial charge in [0.15, 0.2) is 0 Å². The average molecular weight is 448 g/mol. The second-order valence-corrected chi connectivity index (χ2v) is 8.13. The number of amides is 2. The standard InChI is InChI=1S/C23H24N6O4/c1-16-25-21(26-33-16)17-4-6-19(7-5-17)29-15-20(32-23(29)31)14-27-9-11-28(12-10-27)22(30)18-3-2-8-24-13-18/h2-8,13,20H,9-12,14-15H2,1H3. The molecule has 2 amide bonds. The maximum Gasteiger partial charge on any atom is 0.414 e. The number of rotatable bonds is 5. The zero-order chi connectivity index (χ0) is 22.8. The first-order valence-electron chi connectivity index (χ1n) is 10.9. The van der Waals surface area contributed by atoms with Crippen molar-refractivity contribution in [3.8, 4) is 11.4 Å². The van der Waals surface area contributed by atoms with Gasteiger partial charge in [0.25, 0.3) is 5.91 Å². The van der Waals surface area contributed by atoms with Gasteiger partial charge in [0, 0.05) is 63.3 Å². The molecular formula is C23H24N6O4. The van der Waals surface area contributed by atoms with Crippen LogP contribution in [-0.2, 0) is 4.74 Å². The monoisotopic (exact) mass is 448 g/mol. The summed E-state index contributed by atoms with van der Waals surface area (Å²) >= 11 is 0. The number of piperazine rings is 1. The van der Waals surface area contributed by atoms with Crippen LogP contribution < -0.4 is 4.90 Å². The van der Waals surface area contributed by atoms with E-state index >= 15 is 0 Å². The molecule has 10 heteroatoms. The van der Waals surface area contributed by atoms with Crippen LogP contribution >= 0.6 is 0 Å². The number of carbonyl (C=O) groups excluding carboxylic acids is 2. The Kier molecular flexibility index (Phi) is 5.74. The van der Waals surface area contributed by atoms with Crippen LogP contribution in [0.15, 0.2) is 53.3 Å². The molecule has 5 rings (SSSR count). The van der Waals surface area contributed by atoms with E-state index < -0.39 is 0 Å². The molecule has 170 valence electrons. The van der Waals surface area contributed by atoms with E-state index in [9.17, 15) is 9.59 Å². The van der Waals surface area contributed by atoms with E-state index in [1.807, 2.05) is 29.2 Å². The lowest BCUT2D eigenvalue weighted by Crippen LogP contribution is -2.50. The Morgan fingerprint density at radius 2 is 1.91 bits per heavy atom. The number of pyridine rings is 1. The molecule has 2 saturated heterocycles. The molecular weight excluding hydrogens is 424 g/mol. The summed E-state index contributed by atoms with van der Waals surface area (Å²) in [4.78, 5) is 39.0. The highest BCUT2D eigenvalue weighted by atomic mass is 16.6.